The summed E-state index contributed by atoms with van der Waals surface area (Å²) in [6.45, 7) is 7.52. The van der Waals surface area contributed by atoms with Crippen molar-refractivity contribution in [1.82, 2.24) is 0 Å². The number of fused-ring (bicyclic) bond motifs is 5. The van der Waals surface area contributed by atoms with Crippen molar-refractivity contribution >= 4 is 5.78 Å². The van der Waals surface area contributed by atoms with Gasteiger partial charge in [-0.05, 0) is 85.9 Å². The van der Waals surface area contributed by atoms with E-state index >= 15 is 0 Å². The Labute approximate surface area is 199 Å². The van der Waals surface area contributed by atoms with Crippen LogP contribution in [0.3, 0.4) is 0 Å². The number of rotatable bonds is 10. The summed E-state index contributed by atoms with van der Waals surface area (Å²) in [4.78, 5) is 12.7. The number of carbonyl (C=O) groups is 1. The van der Waals surface area contributed by atoms with Crippen molar-refractivity contribution in [2.75, 3.05) is 0 Å². The van der Waals surface area contributed by atoms with Crippen LogP contribution in [0, 0.1) is 34.5 Å². The molecule has 0 aromatic carbocycles. The number of Topliss-reactive ketones (excluding diaryl/α,β-unsaturated/α-hetero) is 1. The van der Waals surface area contributed by atoms with Gasteiger partial charge in [0.05, 0.1) is 0 Å². The van der Waals surface area contributed by atoms with E-state index < -0.39 is 0 Å². The largest absolute Gasteiger partial charge is 0.299 e. The van der Waals surface area contributed by atoms with Crippen LogP contribution in [0.1, 0.15) is 143 Å². The second-order valence-corrected chi connectivity index (χ2v) is 12.8. The van der Waals surface area contributed by atoms with Crippen molar-refractivity contribution in [3.63, 3.8) is 0 Å². The average molecular weight is 441 g/mol. The molecule has 0 bridgehead atoms. The molecule has 1 unspecified atom stereocenters. The highest BCUT2D eigenvalue weighted by atomic mass is 16.1. The summed E-state index contributed by atoms with van der Waals surface area (Å²) in [7, 11) is 0. The van der Waals surface area contributed by atoms with Crippen LogP contribution < -0.4 is 0 Å². The van der Waals surface area contributed by atoms with Crippen LogP contribution in [0.2, 0.25) is 0 Å². The number of allylic oxidation sites excluding steroid dienone is 2. The normalized spacial score (nSPS) is 40.2. The molecule has 1 nitrogen and oxygen atoms in total. The van der Waals surface area contributed by atoms with Crippen molar-refractivity contribution in [3.8, 4) is 0 Å². The van der Waals surface area contributed by atoms with Crippen molar-refractivity contribution < 1.29 is 4.79 Å². The minimum Gasteiger partial charge on any atom is -0.299 e. The smallest absolute Gasteiger partial charge is 0.137 e. The van der Waals surface area contributed by atoms with Crippen molar-refractivity contribution in [1.29, 1.82) is 0 Å². The number of carbonyl (C=O) groups excluding carboxylic acids is 1. The Hall–Kier alpha value is -0.590. The summed E-state index contributed by atoms with van der Waals surface area (Å²) in [5.74, 6) is 3.91. The van der Waals surface area contributed by atoms with Crippen LogP contribution in [0.5, 0.6) is 0 Å². The van der Waals surface area contributed by atoms with Crippen LogP contribution in [0.15, 0.2) is 11.6 Å². The van der Waals surface area contributed by atoms with Gasteiger partial charge in [0.2, 0.25) is 0 Å². The van der Waals surface area contributed by atoms with E-state index in [2.05, 4.69) is 26.8 Å². The number of ketones is 1. The molecular formula is C31H52O. The minimum absolute atomic E-state index is 0.319. The molecular weight excluding hydrogens is 388 g/mol. The molecule has 0 saturated heterocycles. The third kappa shape index (κ3) is 4.93. The molecule has 0 amide bonds. The average Bonchev–Trinajstić information content (AvgIpc) is 3.17. The summed E-state index contributed by atoms with van der Waals surface area (Å²) >= 11 is 0. The van der Waals surface area contributed by atoms with Gasteiger partial charge in [-0.2, -0.15) is 0 Å². The zero-order valence-electron chi connectivity index (χ0n) is 21.7. The van der Waals surface area contributed by atoms with Crippen LogP contribution >= 0.6 is 0 Å². The fourth-order valence-electron chi connectivity index (χ4n) is 9.01. The van der Waals surface area contributed by atoms with E-state index in [-0.39, 0.29) is 0 Å². The molecule has 0 N–H and O–H groups in total. The van der Waals surface area contributed by atoms with Gasteiger partial charge in [-0.1, -0.05) is 90.2 Å². The lowest BCUT2D eigenvalue weighted by molar-refractivity contribution is -0.129. The highest BCUT2D eigenvalue weighted by molar-refractivity contribution is 5.83. The summed E-state index contributed by atoms with van der Waals surface area (Å²) in [6.07, 6.45) is 28.0. The van der Waals surface area contributed by atoms with E-state index in [0.717, 1.165) is 30.6 Å². The first-order valence-corrected chi connectivity index (χ1v) is 14.7. The maximum Gasteiger partial charge on any atom is 0.137 e. The standard InChI is InChI=1S/C31H52O/c1-4-5-6-7-8-9-10-11-12-13-15-24-22-26(32)23-25-17-18-27-28-16-14-20-30(28,2)21-19-29(27)31(24,25)3/h15,25,27-29H,4-14,16-23H2,1-3H3/b24-15-/t25?,27-,28-,29-,30-,31-/m0/s1. The zero-order valence-corrected chi connectivity index (χ0v) is 21.7. The lowest BCUT2D eigenvalue weighted by Gasteiger charge is -2.60. The van der Waals surface area contributed by atoms with E-state index in [4.69, 9.17) is 0 Å². The number of hydrogen-bond donors (Lipinski definition) is 0. The van der Waals surface area contributed by atoms with E-state index in [1.807, 2.05) is 0 Å². The van der Waals surface area contributed by atoms with Crippen LogP contribution in [0.4, 0.5) is 0 Å². The Morgan fingerprint density at radius 2 is 1.56 bits per heavy atom. The maximum atomic E-state index is 12.7. The Morgan fingerprint density at radius 1 is 0.844 bits per heavy atom. The molecule has 0 aliphatic heterocycles. The zero-order chi connectivity index (χ0) is 22.6. The molecule has 0 aromatic rings. The molecule has 6 atom stereocenters. The van der Waals surface area contributed by atoms with E-state index in [0.29, 0.717) is 22.5 Å². The molecule has 0 radical (unpaired) electrons. The lowest BCUT2D eigenvalue weighted by atomic mass is 9.44. The quantitative estimate of drug-likeness (QED) is 0.244. The first-order valence-electron chi connectivity index (χ1n) is 14.7. The highest BCUT2D eigenvalue weighted by Gasteiger charge is 2.59. The SMILES string of the molecule is CCCCCCCCCCC/C=C1/CC(=O)CC2CC[C@H]3[C@@H]4CCC[C@@]4(C)CC[C@@H]3[C@@]12C. The highest BCUT2D eigenvalue weighted by Crippen LogP contribution is 2.67. The van der Waals surface area contributed by atoms with Gasteiger partial charge in [-0.25, -0.2) is 0 Å². The van der Waals surface area contributed by atoms with E-state index in [1.165, 1.54) is 109 Å². The van der Waals surface area contributed by atoms with E-state index in [9.17, 15) is 4.79 Å². The lowest BCUT2D eigenvalue weighted by Crippen LogP contribution is -2.53. The molecule has 4 rings (SSSR count). The fraction of sp³-hybridized carbons (Fsp3) is 0.903. The predicted molar refractivity (Wildman–Crippen MR) is 137 cm³/mol. The van der Waals surface area contributed by atoms with Crippen LogP contribution in [-0.4, -0.2) is 5.78 Å². The molecule has 32 heavy (non-hydrogen) atoms. The van der Waals surface area contributed by atoms with Gasteiger partial charge in [0.25, 0.3) is 0 Å². The fourth-order valence-corrected chi connectivity index (χ4v) is 9.01. The maximum absolute atomic E-state index is 12.7. The molecule has 0 spiro atoms. The van der Waals surface area contributed by atoms with Gasteiger partial charge in [0, 0.05) is 12.8 Å². The summed E-state index contributed by atoms with van der Waals surface area (Å²) in [6, 6.07) is 0. The molecule has 0 aromatic heterocycles. The molecule has 4 saturated carbocycles. The van der Waals surface area contributed by atoms with Crippen molar-refractivity contribution in [2.24, 2.45) is 34.5 Å². The monoisotopic (exact) mass is 440 g/mol. The predicted octanol–water partition coefficient (Wildman–Crippen LogP) is 9.45. The first kappa shape index (κ1) is 24.5. The van der Waals surface area contributed by atoms with Crippen molar-refractivity contribution in [2.45, 2.75) is 143 Å². The second kappa shape index (κ2) is 10.8. The van der Waals surface area contributed by atoms with Gasteiger partial charge in [0.15, 0.2) is 0 Å². The number of unbranched alkanes of at least 4 members (excludes halogenated alkanes) is 9. The van der Waals surface area contributed by atoms with E-state index in [1.54, 1.807) is 5.57 Å². The van der Waals surface area contributed by atoms with Crippen molar-refractivity contribution in [3.05, 3.63) is 11.6 Å². The molecule has 4 aliphatic carbocycles. The molecule has 4 fully saturated rings. The molecule has 0 heterocycles. The first-order chi connectivity index (χ1) is 15.5. The molecule has 182 valence electrons. The number of hydrogen-bond acceptors (Lipinski definition) is 1. The topological polar surface area (TPSA) is 17.1 Å². The third-order valence-corrected chi connectivity index (χ3v) is 10.9. The van der Waals surface area contributed by atoms with Crippen LogP contribution in [0.25, 0.3) is 0 Å². The Kier molecular flexibility index (Phi) is 8.26. The summed E-state index contributed by atoms with van der Waals surface area (Å²) < 4.78 is 0. The summed E-state index contributed by atoms with van der Waals surface area (Å²) in [5.41, 5.74) is 2.53. The van der Waals surface area contributed by atoms with Gasteiger partial charge in [0.1, 0.15) is 5.78 Å². The molecule has 4 aliphatic rings. The van der Waals surface area contributed by atoms with Gasteiger partial charge in [-0.3, -0.25) is 4.79 Å². The minimum atomic E-state index is 0.319. The third-order valence-electron chi connectivity index (χ3n) is 10.9. The van der Waals surface area contributed by atoms with Gasteiger partial charge >= 0.3 is 0 Å². The second-order valence-electron chi connectivity index (χ2n) is 12.8. The van der Waals surface area contributed by atoms with Crippen LogP contribution in [-0.2, 0) is 4.79 Å². The Bertz CT molecular complexity index is 661. The summed E-state index contributed by atoms with van der Waals surface area (Å²) in [5, 5.41) is 0. The Morgan fingerprint density at radius 3 is 2.31 bits per heavy atom. The Balaban J connectivity index is 1.35. The van der Waals surface area contributed by atoms with Gasteiger partial charge < -0.3 is 0 Å². The van der Waals surface area contributed by atoms with Gasteiger partial charge in [-0.15, -0.1) is 0 Å². The molecule has 1 heteroatoms.